The zero-order valence-electron chi connectivity index (χ0n) is 17.8. The van der Waals surface area contributed by atoms with Gasteiger partial charge in [-0.05, 0) is 43.9 Å². The highest BCUT2D eigenvalue weighted by atomic mass is 35.5. The molecule has 2 amide bonds. The number of halogens is 1. The number of benzene rings is 2. The van der Waals surface area contributed by atoms with Crippen LogP contribution >= 0.6 is 11.6 Å². The van der Waals surface area contributed by atoms with E-state index in [0.29, 0.717) is 24.5 Å². The van der Waals surface area contributed by atoms with Crippen LogP contribution in [0.5, 0.6) is 0 Å². The van der Waals surface area contributed by atoms with E-state index in [4.69, 9.17) is 11.6 Å². The monoisotopic (exact) mass is 414 g/mol. The lowest BCUT2D eigenvalue weighted by Gasteiger charge is -2.31. The predicted molar refractivity (Wildman–Crippen MR) is 119 cm³/mol. The average molecular weight is 415 g/mol. The van der Waals surface area contributed by atoms with Gasteiger partial charge in [-0.1, -0.05) is 73.0 Å². The first-order valence-corrected chi connectivity index (χ1v) is 10.6. The predicted octanol–water partition coefficient (Wildman–Crippen LogP) is 4.83. The number of amides is 2. The van der Waals surface area contributed by atoms with Crippen molar-refractivity contribution in [3.8, 4) is 0 Å². The van der Waals surface area contributed by atoms with Gasteiger partial charge in [0.25, 0.3) is 0 Å². The smallest absolute Gasteiger partial charge is 0.242 e. The number of nitrogens with one attached hydrogen (secondary N) is 1. The molecule has 0 aliphatic heterocycles. The first-order chi connectivity index (χ1) is 13.8. The second kappa shape index (κ2) is 11.0. The topological polar surface area (TPSA) is 49.4 Å². The molecule has 0 spiro atoms. The molecule has 0 unspecified atom stereocenters. The first kappa shape index (κ1) is 23.0. The third-order valence-corrected chi connectivity index (χ3v) is 5.24. The minimum absolute atomic E-state index is 0.0755. The van der Waals surface area contributed by atoms with Crippen molar-refractivity contribution >= 4 is 23.4 Å². The summed E-state index contributed by atoms with van der Waals surface area (Å²) in [6.45, 7) is 8.89. The highest BCUT2D eigenvalue weighted by Crippen LogP contribution is 2.21. The maximum absolute atomic E-state index is 13.3. The van der Waals surface area contributed by atoms with Crippen molar-refractivity contribution in [1.29, 1.82) is 0 Å². The lowest BCUT2D eigenvalue weighted by Crippen LogP contribution is -2.49. The van der Waals surface area contributed by atoms with Crippen molar-refractivity contribution in [1.82, 2.24) is 10.2 Å². The van der Waals surface area contributed by atoms with E-state index in [1.807, 2.05) is 64.1 Å². The van der Waals surface area contributed by atoms with Crippen LogP contribution in [-0.4, -0.2) is 29.3 Å². The summed E-state index contributed by atoms with van der Waals surface area (Å²) in [6.07, 6.45) is 1.65. The first-order valence-electron chi connectivity index (χ1n) is 10.2. The standard InChI is InChI=1S/C24H31ClN2O2/c1-5-11-26-24(29)22(6-2)27(16-20-9-7-8-10-21(20)25)23(28)15-19-13-17(3)12-18(4)14-19/h7-10,12-14,22H,5-6,11,15-16H2,1-4H3,(H,26,29)/t22-/m0/s1. The third-order valence-electron chi connectivity index (χ3n) is 4.87. The number of rotatable bonds is 9. The van der Waals surface area contributed by atoms with Crippen molar-refractivity contribution in [2.24, 2.45) is 0 Å². The lowest BCUT2D eigenvalue weighted by molar-refractivity contribution is -0.140. The van der Waals surface area contributed by atoms with Crippen LogP contribution in [0.25, 0.3) is 0 Å². The van der Waals surface area contributed by atoms with E-state index in [-0.39, 0.29) is 18.2 Å². The van der Waals surface area contributed by atoms with Crippen LogP contribution in [0.1, 0.15) is 48.9 Å². The number of nitrogens with zero attached hydrogens (tertiary/aromatic N) is 1. The molecule has 0 fully saturated rings. The number of aryl methyl sites for hydroxylation is 2. The van der Waals surface area contributed by atoms with Crippen molar-refractivity contribution in [2.75, 3.05) is 6.54 Å². The molecule has 2 aromatic carbocycles. The van der Waals surface area contributed by atoms with Crippen LogP contribution in [0.4, 0.5) is 0 Å². The third kappa shape index (κ3) is 6.60. The highest BCUT2D eigenvalue weighted by molar-refractivity contribution is 6.31. The fourth-order valence-electron chi connectivity index (χ4n) is 3.54. The molecule has 0 radical (unpaired) electrons. The molecule has 2 aromatic rings. The number of carbonyl (C=O) groups is 2. The number of hydrogen-bond acceptors (Lipinski definition) is 2. The molecular weight excluding hydrogens is 384 g/mol. The van der Waals surface area contributed by atoms with Crippen LogP contribution in [0.15, 0.2) is 42.5 Å². The summed E-state index contributed by atoms with van der Waals surface area (Å²) in [7, 11) is 0. The van der Waals surface area contributed by atoms with Crippen molar-refractivity contribution in [3.05, 3.63) is 69.7 Å². The summed E-state index contributed by atoms with van der Waals surface area (Å²) >= 11 is 6.35. The summed E-state index contributed by atoms with van der Waals surface area (Å²) in [5, 5.41) is 3.53. The minimum Gasteiger partial charge on any atom is -0.354 e. The molecule has 0 saturated heterocycles. The molecular formula is C24H31ClN2O2. The molecule has 1 N–H and O–H groups in total. The van der Waals surface area contributed by atoms with Crippen LogP contribution in [0, 0.1) is 13.8 Å². The van der Waals surface area contributed by atoms with Gasteiger partial charge in [-0.15, -0.1) is 0 Å². The highest BCUT2D eigenvalue weighted by Gasteiger charge is 2.28. The zero-order valence-corrected chi connectivity index (χ0v) is 18.6. The SMILES string of the molecule is CCCNC(=O)[C@H](CC)N(Cc1ccccc1Cl)C(=O)Cc1cc(C)cc(C)c1. The van der Waals surface area contributed by atoms with Crippen molar-refractivity contribution in [2.45, 2.75) is 59.5 Å². The molecule has 5 heteroatoms. The Morgan fingerprint density at radius 2 is 1.72 bits per heavy atom. The molecule has 29 heavy (non-hydrogen) atoms. The van der Waals surface area contributed by atoms with Gasteiger partial charge in [-0.2, -0.15) is 0 Å². The molecule has 0 aliphatic rings. The largest absolute Gasteiger partial charge is 0.354 e. The molecule has 156 valence electrons. The van der Waals surface area contributed by atoms with Gasteiger partial charge in [0.05, 0.1) is 6.42 Å². The second-order valence-electron chi connectivity index (χ2n) is 7.50. The Labute approximate surface area is 179 Å². The fraction of sp³-hybridized carbons (Fsp3) is 0.417. The summed E-state index contributed by atoms with van der Waals surface area (Å²) < 4.78 is 0. The Kier molecular flexibility index (Phi) is 8.71. The fourth-order valence-corrected chi connectivity index (χ4v) is 3.74. The zero-order chi connectivity index (χ0) is 21.4. The maximum Gasteiger partial charge on any atom is 0.242 e. The van der Waals surface area contributed by atoms with Gasteiger partial charge < -0.3 is 10.2 Å². The van der Waals surface area contributed by atoms with Crippen molar-refractivity contribution in [3.63, 3.8) is 0 Å². The number of carbonyl (C=O) groups excluding carboxylic acids is 2. The lowest BCUT2D eigenvalue weighted by atomic mass is 10.0. The van der Waals surface area contributed by atoms with E-state index in [9.17, 15) is 9.59 Å². The Morgan fingerprint density at radius 1 is 1.07 bits per heavy atom. The van der Waals surface area contributed by atoms with E-state index in [0.717, 1.165) is 28.7 Å². The van der Waals surface area contributed by atoms with Crippen LogP contribution in [-0.2, 0) is 22.6 Å². The Hall–Kier alpha value is -2.33. The van der Waals surface area contributed by atoms with E-state index in [2.05, 4.69) is 11.4 Å². The molecule has 0 bridgehead atoms. The average Bonchev–Trinajstić information content (AvgIpc) is 2.66. The van der Waals surface area contributed by atoms with Gasteiger partial charge in [-0.25, -0.2) is 0 Å². The number of hydrogen-bond donors (Lipinski definition) is 1. The maximum atomic E-state index is 13.3. The quantitative estimate of drug-likeness (QED) is 0.638. The second-order valence-corrected chi connectivity index (χ2v) is 7.91. The molecule has 4 nitrogen and oxygen atoms in total. The Morgan fingerprint density at radius 3 is 2.31 bits per heavy atom. The summed E-state index contributed by atoms with van der Waals surface area (Å²) in [6, 6.07) is 13.1. The summed E-state index contributed by atoms with van der Waals surface area (Å²) in [5.74, 6) is -0.191. The molecule has 0 aliphatic carbocycles. The van der Waals surface area contributed by atoms with Gasteiger partial charge in [-0.3, -0.25) is 9.59 Å². The molecule has 1 atom stereocenters. The summed E-state index contributed by atoms with van der Waals surface area (Å²) in [5.41, 5.74) is 4.04. The van der Waals surface area contributed by atoms with Gasteiger partial charge >= 0.3 is 0 Å². The minimum atomic E-state index is -0.531. The van der Waals surface area contributed by atoms with E-state index >= 15 is 0 Å². The van der Waals surface area contributed by atoms with Crippen LogP contribution in [0.2, 0.25) is 5.02 Å². The molecule has 0 heterocycles. The Balaban J connectivity index is 2.32. The normalized spacial score (nSPS) is 11.8. The van der Waals surface area contributed by atoms with Gasteiger partial charge in [0, 0.05) is 18.1 Å². The molecule has 2 rings (SSSR count). The Bertz CT molecular complexity index is 830. The van der Waals surface area contributed by atoms with Gasteiger partial charge in [0.2, 0.25) is 11.8 Å². The van der Waals surface area contributed by atoms with Gasteiger partial charge in [0.1, 0.15) is 6.04 Å². The van der Waals surface area contributed by atoms with Crippen LogP contribution in [0.3, 0.4) is 0 Å². The van der Waals surface area contributed by atoms with Gasteiger partial charge in [0.15, 0.2) is 0 Å². The van der Waals surface area contributed by atoms with E-state index < -0.39 is 6.04 Å². The summed E-state index contributed by atoms with van der Waals surface area (Å²) in [4.78, 5) is 27.8. The molecule has 0 saturated carbocycles. The van der Waals surface area contributed by atoms with E-state index in [1.165, 1.54) is 0 Å². The van der Waals surface area contributed by atoms with E-state index in [1.54, 1.807) is 4.90 Å². The van der Waals surface area contributed by atoms with Crippen LogP contribution < -0.4 is 5.32 Å². The molecule has 0 aromatic heterocycles. The van der Waals surface area contributed by atoms with Crippen molar-refractivity contribution < 1.29 is 9.59 Å².